The zero-order chi connectivity index (χ0) is 17.4. The number of rotatable bonds is 5. The normalized spacial score (nSPS) is 21.4. The molecule has 1 aliphatic rings. The Kier molecular flexibility index (Phi) is 9.71. The lowest BCUT2D eigenvalue weighted by Crippen LogP contribution is -2.47. The van der Waals surface area contributed by atoms with Crippen LogP contribution in [0, 0.1) is 11.3 Å². The molecular formula is C19H33IN4O. The molecule has 0 amide bonds. The molecule has 2 atom stereocenters. The molecule has 1 aromatic heterocycles. The SMILES string of the molecule is CN=C(NCCc1ccccn1)NCC1CCCOC1C(C)(C)C.I. The third-order valence-corrected chi connectivity index (χ3v) is 4.45. The van der Waals surface area contributed by atoms with E-state index >= 15 is 0 Å². The van der Waals surface area contributed by atoms with Crippen LogP contribution in [0.4, 0.5) is 0 Å². The van der Waals surface area contributed by atoms with Gasteiger partial charge in [0.15, 0.2) is 5.96 Å². The van der Waals surface area contributed by atoms with Crippen LogP contribution in [0.1, 0.15) is 39.3 Å². The lowest BCUT2D eigenvalue weighted by atomic mass is 9.78. The van der Waals surface area contributed by atoms with Crippen molar-refractivity contribution in [3.05, 3.63) is 30.1 Å². The van der Waals surface area contributed by atoms with Gasteiger partial charge in [-0.25, -0.2) is 0 Å². The highest BCUT2D eigenvalue weighted by atomic mass is 127. The Labute approximate surface area is 169 Å². The van der Waals surface area contributed by atoms with Crippen molar-refractivity contribution >= 4 is 29.9 Å². The minimum absolute atomic E-state index is 0. The second-order valence-corrected chi connectivity index (χ2v) is 7.51. The molecule has 0 radical (unpaired) electrons. The Morgan fingerprint density at radius 3 is 2.76 bits per heavy atom. The molecule has 0 bridgehead atoms. The molecule has 142 valence electrons. The number of nitrogens with one attached hydrogen (secondary N) is 2. The van der Waals surface area contributed by atoms with Crippen molar-refractivity contribution in [3.63, 3.8) is 0 Å². The topological polar surface area (TPSA) is 58.5 Å². The summed E-state index contributed by atoms with van der Waals surface area (Å²) in [7, 11) is 1.81. The van der Waals surface area contributed by atoms with Crippen LogP contribution in [0.3, 0.4) is 0 Å². The van der Waals surface area contributed by atoms with Gasteiger partial charge in [0.25, 0.3) is 0 Å². The van der Waals surface area contributed by atoms with Crippen LogP contribution in [0.15, 0.2) is 29.4 Å². The number of nitrogens with zero attached hydrogens (tertiary/aromatic N) is 2. The summed E-state index contributed by atoms with van der Waals surface area (Å²) in [5, 5.41) is 6.84. The average Bonchev–Trinajstić information content (AvgIpc) is 2.58. The van der Waals surface area contributed by atoms with E-state index in [0.717, 1.165) is 44.2 Å². The molecule has 2 unspecified atom stereocenters. The quantitative estimate of drug-likeness (QED) is 0.403. The lowest BCUT2D eigenvalue weighted by molar-refractivity contribution is -0.0835. The van der Waals surface area contributed by atoms with Gasteiger partial charge in [-0.1, -0.05) is 26.8 Å². The minimum atomic E-state index is 0. The summed E-state index contributed by atoms with van der Waals surface area (Å²) >= 11 is 0. The van der Waals surface area contributed by atoms with Crippen molar-refractivity contribution in [1.29, 1.82) is 0 Å². The molecule has 1 fully saturated rings. The van der Waals surface area contributed by atoms with Gasteiger partial charge in [-0.2, -0.15) is 0 Å². The molecule has 1 saturated heterocycles. The van der Waals surface area contributed by atoms with Crippen molar-refractivity contribution in [3.8, 4) is 0 Å². The highest BCUT2D eigenvalue weighted by Crippen LogP contribution is 2.33. The number of aliphatic imine (C=N–C) groups is 1. The molecule has 5 nitrogen and oxygen atoms in total. The predicted molar refractivity (Wildman–Crippen MR) is 115 cm³/mol. The van der Waals surface area contributed by atoms with E-state index in [-0.39, 0.29) is 29.4 Å². The number of aromatic nitrogens is 1. The molecule has 6 heteroatoms. The Morgan fingerprint density at radius 1 is 1.32 bits per heavy atom. The highest BCUT2D eigenvalue weighted by Gasteiger charge is 2.35. The van der Waals surface area contributed by atoms with E-state index in [2.05, 4.69) is 41.4 Å². The molecule has 1 aromatic rings. The monoisotopic (exact) mass is 460 g/mol. The Hall–Kier alpha value is -0.890. The first-order chi connectivity index (χ1) is 11.5. The van der Waals surface area contributed by atoms with Gasteiger partial charge >= 0.3 is 0 Å². The lowest BCUT2D eigenvalue weighted by Gasteiger charge is -2.40. The fraction of sp³-hybridized carbons (Fsp3) is 0.684. The maximum Gasteiger partial charge on any atom is 0.191 e. The Bertz CT molecular complexity index is 516. The third kappa shape index (κ3) is 7.48. The van der Waals surface area contributed by atoms with Gasteiger partial charge in [0.05, 0.1) is 6.10 Å². The van der Waals surface area contributed by atoms with E-state index in [1.54, 1.807) is 0 Å². The summed E-state index contributed by atoms with van der Waals surface area (Å²) in [6.07, 6.45) is 5.37. The van der Waals surface area contributed by atoms with Crippen molar-refractivity contribution in [2.75, 3.05) is 26.7 Å². The summed E-state index contributed by atoms with van der Waals surface area (Å²) < 4.78 is 6.05. The molecule has 2 heterocycles. The Balaban J connectivity index is 0.00000312. The van der Waals surface area contributed by atoms with E-state index in [9.17, 15) is 0 Å². The van der Waals surface area contributed by atoms with Gasteiger partial charge in [-0.3, -0.25) is 9.98 Å². The number of hydrogen-bond donors (Lipinski definition) is 2. The van der Waals surface area contributed by atoms with Crippen molar-refractivity contribution < 1.29 is 4.74 Å². The first kappa shape index (κ1) is 22.2. The number of ether oxygens (including phenoxy) is 1. The van der Waals surface area contributed by atoms with Crippen molar-refractivity contribution in [1.82, 2.24) is 15.6 Å². The summed E-state index contributed by atoms with van der Waals surface area (Å²) in [6, 6.07) is 6.01. The van der Waals surface area contributed by atoms with Crippen molar-refractivity contribution in [2.45, 2.75) is 46.1 Å². The maximum atomic E-state index is 6.05. The zero-order valence-electron chi connectivity index (χ0n) is 15.9. The van der Waals surface area contributed by atoms with E-state index < -0.39 is 0 Å². The van der Waals surface area contributed by atoms with E-state index in [1.807, 2.05) is 31.4 Å². The van der Waals surface area contributed by atoms with Crippen LogP contribution >= 0.6 is 24.0 Å². The molecule has 0 aromatic carbocycles. The fourth-order valence-corrected chi connectivity index (χ4v) is 3.31. The standard InChI is InChI=1S/C19H32N4O.HI/c1-19(2,3)17-15(8-7-13-24-17)14-23-18(20-4)22-12-10-16-9-5-6-11-21-16;/h5-6,9,11,15,17H,7-8,10,12-14H2,1-4H3,(H2,20,22,23);1H. The van der Waals surface area contributed by atoms with Crippen molar-refractivity contribution in [2.24, 2.45) is 16.3 Å². The first-order valence-electron chi connectivity index (χ1n) is 8.96. The van der Waals surface area contributed by atoms with E-state index in [4.69, 9.17) is 4.74 Å². The summed E-state index contributed by atoms with van der Waals surface area (Å²) in [5.74, 6) is 1.37. The van der Waals surface area contributed by atoms with Gasteiger partial charge in [0.1, 0.15) is 0 Å². The average molecular weight is 460 g/mol. The highest BCUT2D eigenvalue weighted by molar-refractivity contribution is 14.0. The molecule has 0 saturated carbocycles. The van der Waals surface area contributed by atoms with E-state index in [0.29, 0.717) is 12.0 Å². The molecule has 2 N–H and O–H groups in total. The van der Waals surface area contributed by atoms with Crippen LogP contribution in [0.25, 0.3) is 0 Å². The number of hydrogen-bond acceptors (Lipinski definition) is 3. The summed E-state index contributed by atoms with van der Waals surface area (Å²) in [6.45, 7) is 9.38. The molecule has 0 aliphatic carbocycles. The summed E-state index contributed by atoms with van der Waals surface area (Å²) in [5.41, 5.74) is 1.26. The Morgan fingerprint density at radius 2 is 2.12 bits per heavy atom. The minimum Gasteiger partial charge on any atom is -0.377 e. The van der Waals surface area contributed by atoms with Gasteiger partial charge in [0.2, 0.25) is 0 Å². The smallest absolute Gasteiger partial charge is 0.191 e. The first-order valence-corrected chi connectivity index (χ1v) is 8.96. The van der Waals surface area contributed by atoms with E-state index in [1.165, 1.54) is 6.42 Å². The third-order valence-electron chi connectivity index (χ3n) is 4.45. The molecule has 1 aliphatic heterocycles. The predicted octanol–water partition coefficient (Wildman–Crippen LogP) is 3.25. The van der Waals surface area contributed by atoms with Gasteiger partial charge in [-0.15, -0.1) is 24.0 Å². The second kappa shape index (κ2) is 11.0. The molecule has 25 heavy (non-hydrogen) atoms. The van der Waals surface area contributed by atoms with Gasteiger partial charge in [-0.05, 0) is 30.4 Å². The fourth-order valence-electron chi connectivity index (χ4n) is 3.31. The van der Waals surface area contributed by atoms with Gasteiger partial charge in [0, 0.05) is 51.0 Å². The van der Waals surface area contributed by atoms with Gasteiger partial charge < -0.3 is 15.4 Å². The second-order valence-electron chi connectivity index (χ2n) is 7.51. The van der Waals surface area contributed by atoms with Crippen LogP contribution in [-0.4, -0.2) is 43.8 Å². The maximum absolute atomic E-state index is 6.05. The summed E-state index contributed by atoms with van der Waals surface area (Å²) in [4.78, 5) is 8.67. The number of guanidine groups is 1. The number of halogens is 1. The van der Waals surface area contributed by atoms with Crippen LogP contribution in [0.5, 0.6) is 0 Å². The largest absolute Gasteiger partial charge is 0.377 e. The van der Waals surface area contributed by atoms with Crippen LogP contribution < -0.4 is 10.6 Å². The molecule has 2 rings (SSSR count). The number of pyridine rings is 1. The zero-order valence-corrected chi connectivity index (χ0v) is 18.2. The molecular weight excluding hydrogens is 427 g/mol. The van der Waals surface area contributed by atoms with Crippen LogP contribution in [0.2, 0.25) is 0 Å². The molecule has 0 spiro atoms. The van der Waals surface area contributed by atoms with Crippen LogP contribution in [-0.2, 0) is 11.2 Å².